The van der Waals surface area contributed by atoms with Gasteiger partial charge in [0.05, 0.1) is 24.2 Å². The molecule has 0 radical (unpaired) electrons. The normalized spacial score (nSPS) is 25.8. The summed E-state index contributed by atoms with van der Waals surface area (Å²) in [6.07, 6.45) is -7.15. The van der Waals surface area contributed by atoms with Crippen LogP contribution in [0.2, 0.25) is 0 Å². The molecule has 1 heterocycles. The Kier molecular flexibility index (Phi) is 9.13. The molecule has 2 aromatic rings. The smallest absolute Gasteiger partial charge is 0.241 e. The Balaban J connectivity index is 1.48. The molecule has 1 aliphatic heterocycles. The molecule has 0 aromatic heterocycles. The van der Waals surface area contributed by atoms with Crippen molar-refractivity contribution >= 4 is 15.8 Å². The number of carbonyl (C=O) groups excluding carboxylic acids is 1. The molecule has 0 spiro atoms. The minimum atomic E-state index is -3.81. The second kappa shape index (κ2) is 11.7. The number of carbonyl (C=O) groups is 1. The van der Waals surface area contributed by atoms with Crippen LogP contribution in [0.1, 0.15) is 23.6 Å². The standard InChI is InChI=1S/C24H31NO9S/c1-14-3-9-18(10-4-14)35(31,32)25-15(2)19(26)11-16-5-7-17(8-6-16)12-33-13-20-21(27)22(28)23(29)24(30)34-20/h3-10,15,20-25,27-30H,11-13H2,1-2H3/t15-,20?,21+,22-,23?,24+/m0/s1. The van der Waals surface area contributed by atoms with Crippen molar-refractivity contribution in [3.05, 3.63) is 65.2 Å². The van der Waals surface area contributed by atoms with E-state index in [0.29, 0.717) is 5.56 Å². The molecule has 1 aliphatic rings. The number of ether oxygens (including phenoxy) is 2. The first-order chi connectivity index (χ1) is 16.5. The number of nitrogens with one attached hydrogen (secondary N) is 1. The van der Waals surface area contributed by atoms with Crippen molar-refractivity contribution in [1.29, 1.82) is 0 Å². The van der Waals surface area contributed by atoms with Crippen LogP contribution in [-0.4, -0.2) is 78.0 Å². The van der Waals surface area contributed by atoms with Crippen molar-refractivity contribution in [3.8, 4) is 0 Å². The highest BCUT2D eigenvalue weighted by Gasteiger charge is 2.42. The number of ketones is 1. The van der Waals surface area contributed by atoms with Crippen LogP contribution in [0.15, 0.2) is 53.4 Å². The van der Waals surface area contributed by atoms with Gasteiger partial charge in [0.1, 0.15) is 24.4 Å². The van der Waals surface area contributed by atoms with Crippen LogP contribution in [0.4, 0.5) is 0 Å². The molecule has 0 bridgehead atoms. The predicted octanol–water partition coefficient (Wildman–Crippen LogP) is -0.210. The summed E-state index contributed by atoms with van der Waals surface area (Å²) in [7, 11) is -3.81. The number of hydrogen-bond donors (Lipinski definition) is 5. The number of benzene rings is 2. The van der Waals surface area contributed by atoms with Crippen LogP contribution in [0.25, 0.3) is 0 Å². The maximum atomic E-state index is 12.6. The molecule has 0 amide bonds. The van der Waals surface area contributed by atoms with Crippen molar-refractivity contribution in [1.82, 2.24) is 4.72 Å². The Bertz CT molecular complexity index is 1090. The van der Waals surface area contributed by atoms with Gasteiger partial charge in [0.15, 0.2) is 12.1 Å². The van der Waals surface area contributed by atoms with E-state index in [1.807, 2.05) is 6.92 Å². The van der Waals surface area contributed by atoms with Gasteiger partial charge in [-0.3, -0.25) is 4.79 Å². The van der Waals surface area contributed by atoms with Gasteiger partial charge in [-0.25, -0.2) is 13.1 Å². The lowest BCUT2D eigenvalue weighted by atomic mass is 9.99. The summed E-state index contributed by atoms with van der Waals surface area (Å²) in [5, 5.41) is 38.7. The third kappa shape index (κ3) is 7.15. The van der Waals surface area contributed by atoms with Crippen LogP contribution in [0, 0.1) is 6.92 Å². The lowest BCUT2D eigenvalue weighted by Gasteiger charge is -2.38. The fourth-order valence-corrected chi connectivity index (χ4v) is 4.78. The summed E-state index contributed by atoms with van der Waals surface area (Å²) in [5.41, 5.74) is 2.39. The SMILES string of the molecule is Cc1ccc(S(=O)(=O)N[C@@H](C)C(=O)Cc2ccc(COCC3O[C@@H](O)C(O)[C@@H](O)[C@@H]3O)cc2)cc1. The first-order valence-corrected chi connectivity index (χ1v) is 12.6. The van der Waals surface area contributed by atoms with Crippen molar-refractivity contribution in [2.24, 2.45) is 0 Å². The van der Waals surface area contributed by atoms with Gasteiger partial charge < -0.3 is 29.9 Å². The Morgan fingerprint density at radius 2 is 1.57 bits per heavy atom. The van der Waals surface area contributed by atoms with Crippen molar-refractivity contribution in [2.75, 3.05) is 6.61 Å². The average molecular weight is 510 g/mol. The Labute approximate surface area is 204 Å². The van der Waals surface area contributed by atoms with Crippen molar-refractivity contribution < 1.29 is 43.1 Å². The van der Waals surface area contributed by atoms with Crippen LogP contribution >= 0.6 is 0 Å². The van der Waals surface area contributed by atoms with Gasteiger partial charge in [-0.2, -0.15) is 0 Å². The third-order valence-electron chi connectivity index (χ3n) is 5.79. The van der Waals surface area contributed by atoms with Gasteiger partial charge in [-0.05, 0) is 37.1 Å². The Morgan fingerprint density at radius 3 is 2.20 bits per heavy atom. The highest BCUT2D eigenvalue weighted by atomic mass is 32.2. The Morgan fingerprint density at radius 1 is 0.971 bits per heavy atom. The molecular weight excluding hydrogens is 478 g/mol. The maximum absolute atomic E-state index is 12.6. The summed E-state index contributed by atoms with van der Waals surface area (Å²) < 4.78 is 38.0. The molecule has 6 atom stereocenters. The van der Waals surface area contributed by atoms with Crippen LogP contribution in [-0.2, 0) is 37.3 Å². The molecule has 5 N–H and O–H groups in total. The van der Waals surface area contributed by atoms with E-state index >= 15 is 0 Å². The third-order valence-corrected chi connectivity index (χ3v) is 7.34. The minimum absolute atomic E-state index is 0.0406. The zero-order valence-electron chi connectivity index (χ0n) is 19.4. The van der Waals surface area contributed by atoms with Gasteiger partial charge in [0.2, 0.25) is 10.0 Å². The van der Waals surface area contributed by atoms with E-state index in [-0.39, 0.29) is 30.3 Å². The van der Waals surface area contributed by atoms with E-state index < -0.39 is 46.8 Å². The molecule has 2 unspecified atom stereocenters. The molecule has 3 rings (SSSR count). The van der Waals surface area contributed by atoms with Crippen LogP contribution in [0.3, 0.4) is 0 Å². The molecule has 1 fully saturated rings. The molecule has 192 valence electrons. The number of rotatable bonds is 10. The van der Waals surface area contributed by atoms with Crippen LogP contribution in [0.5, 0.6) is 0 Å². The van der Waals surface area contributed by atoms with E-state index in [4.69, 9.17) is 9.47 Å². The van der Waals surface area contributed by atoms with Gasteiger partial charge in [0, 0.05) is 6.42 Å². The first kappa shape index (κ1) is 27.4. The van der Waals surface area contributed by atoms with E-state index in [9.17, 15) is 33.6 Å². The Hall–Kier alpha value is -2.22. The number of hydrogen-bond acceptors (Lipinski definition) is 9. The molecule has 10 nitrogen and oxygen atoms in total. The second-order valence-electron chi connectivity index (χ2n) is 8.67. The highest BCUT2D eigenvalue weighted by molar-refractivity contribution is 7.89. The molecule has 0 saturated carbocycles. The maximum Gasteiger partial charge on any atom is 0.241 e. The number of Topliss-reactive ketones (excluding diaryl/α,β-unsaturated/α-hetero) is 1. The first-order valence-electron chi connectivity index (χ1n) is 11.1. The molecule has 2 aromatic carbocycles. The number of aliphatic hydroxyl groups excluding tert-OH is 4. The quantitative estimate of drug-likeness (QED) is 0.292. The highest BCUT2D eigenvalue weighted by Crippen LogP contribution is 2.20. The van der Waals surface area contributed by atoms with Gasteiger partial charge in [0.25, 0.3) is 0 Å². The van der Waals surface area contributed by atoms with Gasteiger partial charge >= 0.3 is 0 Å². The molecule has 0 aliphatic carbocycles. The fourth-order valence-electron chi connectivity index (χ4n) is 3.55. The average Bonchev–Trinajstić information content (AvgIpc) is 2.82. The van der Waals surface area contributed by atoms with E-state index in [2.05, 4.69) is 4.72 Å². The lowest BCUT2D eigenvalue weighted by Crippen LogP contribution is -2.58. The fraction of sp³-hybridized carbons (Fsp3) is 0.458. The summed E-state index contributed by atoms with van der Waals surface area (Å²) in [6.45, 7) is 3.37. The molecular formula is C24H31NO9S. The minimum Gasteiger partial charge on any atom is -0.387 e. The number of sulfonamides is 1. The van der Waals surface area contributed by atoms with Crippen molar-refractivity contribution in [3.63, 3.8) is 0 Å². The molecule has 35 heavy (non-hydrogen) atoms. The van der Waals surface area contributed by atoms with Crippen LogP contribution < -0.4 is 4.72 Å². The predicted molar refractivity (Wildman–Crippen MR) is 125 cm³/mol. The van der Waals surface area contributed by atoms with E-state index in [1.54, 1.807) is 36.4 Å². The summed E-state index contributed by atoms with van der Waals surface area (Å²) >= 11 is 0. The lowest BCUT2D eigenvalue weighted by molar-refractivity contribution is -0.289. The molecule has 11 heteroatoms. The summed E-state index contributed by atoms with van der Waals surface area (Å²) in [6, 6.07) is 12.4. The second-order valence-corrected chi connectivity index (χ2v) is 10.4. The van der Waals surface area contributed by atoms with Gasteiger partial charge in [-0.15, -0.1) is 0 Å². The zero-order chi connectivity index (χ0) is 25.8. The number of aryl methyl sites for hydroxylation is 1. The zero-order valence-corrected chi connectivity index (χ0v) is 20.3. The van der Waals surface area contributed by atoms with E-state index in [0.717, 1.165) is 11.1 Å². The topological polar surface area (TPSA) is 163 Å². The van der Waals surface area contributed by atoms with E-state index in [1.165, 1.54) is 19.1 Å². The summed E-state index contributed by atoms with van der Waals surface area (Å²) in [5.74, 6) is -0.285. The number of aliphatic hydroxyl groups is 4. The largest absolute Gasteiger partial charge is 0.387 e. The monoisotopic (exact) mass is 509 g/mol. The van der Waals surface area contributed by atoms with Gasteiger partial charge in [-0.1, -0.05) is 42.0 Å². The molecule has 1 saturated heterocycles. The van der Waals surface area contributed by atoms with Crippen molar-refractivity contribution in [2.45, 2.75) is 68.5 Å². The summed E-state index contributed by atoms with van der Waals surface area (Å²) in [4.78, 5) is 12.7.